The van der Waals surface area contributed by atoms with Gasteiger partial charge < -0.3 is 69.2 Å². The van der Waals surface area contributed by atoms with Gasteiger partial charge in [0.2, 0.25) is 17.1 Å². The van der Waals surface area contributed by atoms with Crippen LogP contribution in [0.25, 0.3) is 0 Å². The molecule has 2 aliphatic heterocycles. The molecular weight excluding hydrogens is 682 g/mol. The summed E-state index contributed by atoms with van der Waals surface area (Å²) in [5.41, 5.74) is 3.95. The monoisotopic (exact) mass is 739 g/mol. The molecule has 52 heavy (non-hydrogen) atoms. The van der Waals surface area contributed by atoms with Gasteiger partial charge in [0.05, 0.1) is 33.5 Å². The molecule has 0 aliphatic carbocycles. The van der Waals surface area contributed by atoms with Gasteiger partial charge in [0.15, 0.2) is 12.6 Å². The first kappa shape index (κ1) is 43.5. The van der Waals surface area contributed by atoms with Crippen LogP contribution < -0.4 is 14.9 Å². The number of aliphatic hydroxyl groups excluding tert-OH is 7. The first-order chi connectivity index (χ1) is 24.6. The molecule has 0 unspecified atom stereocenters. The number of aliphatic hydroxyl groups is 7. The second-order valence-corrected chi connectivity index (χ2v) is 13.4. The summed E-state index contributed by atoms with van der Waals surface area (Å²) in [4.78, 5) is 15.8. The summed E-state index contributed by atoms with van der Waals surface area (Å²) in [5, 5.41) is 72.0. The number of methoxy groups -OCH3 is 2. The van der Waals surface area contributed by atoms with Crippen LogP contribution in [-0.2, 0) is 25.4 Å². The number of hydrogen-bond acceptors (Lipinski definition) is 14. The zero-order valence-corrected chi connectivity index (χ0v) is 31.1. The fraction of sp³-hybridized carbons (Fsp3) is 0.649. The Morgan fingerprint density at radius 3 is 2.12 bits per heavy atom. The molecule has 3 heterocycles. The number of allylic oxidation sites excluding steroid dienone is 6. The maximum Gasteiger partial charge on any atom is 0.238 e. The average molecular weight is 740 g/mol. The van der Waals surface area contributed by atoms with Gasteiger partial charge in [-0.25, -0.2) is 0 Å². The van der Waals surface area contributed by atoms with Gasteiger partial charge in [0.25, 0.3) is 0 Å². The summed E-state index contributed by atoms with van der Waals surface area (Å²) in [6, 6.07) is 0. The normalized spacial score (nSPS) is 31.9. The van der Waals surface area contributed by atoms with Crippen LogP contribution in [0.5, 0.6) is 11.6 Å². The summed E-state index contributed by atoms with van der Waals surface area (Å²) < 4.78 is 33.5. The Hall–Kier alpha value is -2.93. The van der Waals surface area contributed by atoms with Crippen molar-refractivity contribution in [1.82, 2.24) is 4.98 Å². The predicted molar refractivity (Wildman–Crippen MR) is 190 cm³/mol. The fourth-order valence-corrected chi connectivity index (χ4v) is 6.10. The second kappa shape index (κ2) is 19.9. The third-order valence-corrected chi connectivity index (χ3v) is 9.48. The van der Waals surface area contributed by atoms with Crippen molar-refractivity contribution in [2.75, 3.05) is 27.4 Å². The summed E-state index contributed by atoms with van der Waals surface area (Å²) >= 11 is 0. The minimum absolute atomic E-state index is 0.142. The van der Waals surface area contributed by atoms with Crippen molar-refractivity contribution < 1.29 is 64.2 Å². The van der Waals surface area contributed by atoms with Gasteiger partial charge in [-0.1, -0.05) is 48.5 Å². The van der Waals surface area contributed by atoms with E-state index in [-0.39, 0.29) is 23.0 Å². The lowest BCUT2D eigenvalue weighted by atomic mass is 9.94. The van der Waals surface area contributed by atoms with Crippen LogP contribution in [-0.4, -0.2) is 136 Å². The molecule has 0 saturated carbocycles. The van der Waals surface area contributed by atoms with E-state index in [0.29, 0.717) is 18.4 Å². The molecule has 2 saturated heterocycles. The van der Waals surface area contributed by atoms with Crippen molar-refractivity contribution in [1.29, 1.82) is 0 Å². The summed E-state index contributed by atoms with van der Waals surface area (Å²) in [5.74, 6) is 0.193. The van der Waals surface area contributed by atoms with Gasteiger partial charge in [-0.3, -0.25) is 4.79 Å². The Morgan fingerprint density at radius 1 is 0.904 bits per heavy atom. The largest absolute Gasteiger partial charge is 0.488 e. The van der Waals surface area contributed by atoms with Crippen molar-refractivity contribution in [2.45, 2.75) is 122 Å². The van der Waals surface area contributed by atoms with Crippen molar-refractivity contribution in [2.24, 2.45) is 5.92 Å². The van der Waals surface area contributed by atoms with E-state index >= 15 is 0 Å². The maximum atomic E-state index is 12.6. The molecule has 1 aromatic rings. The molecule has 15 nitrogen and oxygen atoms in total. The minimum atomic E-state index is -1.67. The van der Waals surface area contributed by atoms with Crippen LogP contribution in [0.4, 0.5) is 0 Å². The summed E-state index contributed by atoms with van der Waals surface area (Å²) in [6.07, 6.45) is -4.62. The second-order valence-electron chi connectivity index (χ2n) is 13.4. The molecule has 294 valence electrons. The zero-order valence-electron chi connectivity index (χ0n) is 31.1. The van der Waals surface area contributed by atoms with Crippen molar-refractivity contribution >= 4 is 0 Å². The highest BCUT2D eigenvalue weighted by atomic mass is 16.7. The molecule has 1 aromatic heterocycles. The van der Waals surface area contributed by atoms with Crippen LogP contribution >= 0.6 is 0 Å². The number of hydrogen-bond donors (Lipinski definition) is 8. The highest BCUT2D eigenvalue weighted by Crippen LogP contribution is 2.30. The van der Waals surface area contributed by atoms with Crippen LogP contribution in [0.15, 0.2) is 51.9 Å². The topological polar surface area (TPSA) is 230 Å². The molecule has 3 rings (SSSR count). The Labute approximate surface area is 304 Å². The number of aromatic nitrogens is 1. The molecule has 8 N–H and O–H groups in total. The van der Waals surface area contributed by atoms with Crippen molar-refractivity contribution in [3.63, 3.8) is 0 Å². The third-order valence-electron chi connectivity index (χ3n) is 9.48. The van der Waals surface area contributed by atoms with Gasteiger partial charge in [0.1, 0.15) is 48.8 Å². The number of H-pyrrole nitrogens is 1. The fourth-order valence-electron chi connectivity index (χ4n) is 6.10. The predicted octanol–water partition coefficient (Wildman–Crippen LogP) is 0.694. The van der Waals surface area contributed by atoms with E-state index in [9.17, 15) is 40.5 Å². The smallest absolute Gasteiger partial charge is 0.238 e. The Morgan fingerprint density at radius 2 is 1.52 bits per heavy atom. The highest BCUT2D eigenvalue weighted by Gasteiger charge is 2.48. The number of nitrogens with one attached hydrogen (secondary N) is 1. The summed E-state index contributed by atoms with van der Waals surface area (Å²) in [6.45, 7) is 10.2. The minimum Gasteiger partial charge on any atom is -0.488 e. The van der Waals surface area contributed by atoms with E-state index in [2.05, 4.69) is 4.98 Å². The van der Waals surface area contributed by atoms with E-state index in [4.69, 9.17) is 28.4 Å². The van der Waals surface area contributed by atoms with Crippen molar-refractivity contribution in [3.05, 3.63) is 68.6 Å². The quantitative estimate of drug-likeness (QED) is 0.0862. The number of aromatic amines is 1. The van der Waals surface area contributed by atoms with Gasteiger partial charge in [0, 0.05) is 23.6 Å². The van der Waals surface area contributed by atoms with E-state index in [0.717, 1.165) is 22.4 Å². The Kier molecular flexibility index (Phi) is 16.7. The molecule has 0 spiro atoms. The summed E-state index contributed by atoms with van der Waals surface area (Å²) in [7, 11) is 2.89. The lowest BCUT2D eigenvalue weighted by molar-refractivity contribution is -0.335. The number of rotatable bonds is 16. The van der Waals surface area contributed by atoms with Gasteiger partial charge in [-0.15, -0.1) is 0 Å². The molecule has 2 fully saturated rings. The van der Waals surface area contributed by atoms with Crippen LogP contribution in [0.1, 0.15) is 52.3 Å². The van der Waals surface area contributed by atoms with Crippen molar-refractivity contribution in [3.8, 4) is 11.6 Å². The van der Waals surface area contributed by atoms with E-state index in [1.54, 1.807) is 6.92 Å². The van der Waals surface area contributed by atoms with Crippen LogP contribution in [0.3, 0.4) is 0 Å². The number of pyridine rings is 1. The van der Waals surface area contributed by atoms with E-state index in [1.165, 1.54) is 14.2 Å². The number of ether oxygens (including phenoxy) is 6. The molecule has 0 bridgehead atoms. The lowest BCUT2D eigenvalue weighted by Gasteiger charge is -2.43. The van der Waals surface area contributed by atoms with Gasteiger partial charge in [-0.2, -0.15) is 0 Å². The molecule has 0 amide bonds. The first-order valence-corrected chi connectivity index (χ1v) is 17.3. The first-order valence-electron chi connectivity index (χ1n) is 17.3. The molecule has 15 heteroatoms. The Bertz CT molecular complexity index is 1490. The maximum absolute atomic E-state index is 12.6. The Balaban J connectivity index is 1.66. The van der Waals surface area contributed by atoms with Crippen LogP contribution in [0.2, 0.25) is 0 Å². The molecular formula is C37H57NO14. The van der Waals surface area contributed by atoms with Crippen LogP contribution in [0, 0.1) is 12.8 Å². The highest BCUT2D eigenvalue weighted by molar-refractivity contribution is 5.40. The molecule has 2 aliphatic rings. The molecule has 12 atom stereocenters. The standard InChI is InChI=1S/C37H57NO14/c1-9-20(4)33(21(5)15-19(3)12-10-11-18(2)13-14-23-22(6)26(40)34(47-7)35(38-23)48-8)52-37-32(46)30(44)28(42)25(51-37)17-49-36-31(45)29(43)27(41)24(16-39)50-36/h9-10,12-13,15,21,24-25,27-33,36-37,39,41-46H,11,14,16-17H2,1-8H3,(H,38,40)/b12-10+,18-13+,19-15+,20-9+/t21-,24-,25-,27+,28-,29+,30+,31-,32-,33+,36+,37+/m1/s1. The van der Waals surface area contributed by atoms with Gasteiger partial charge >= 0.3 is 0 Å². The SMILES string of the molecule is C/C=C(\C)[C@H](O[C@@H]1O[C@H](CO[C@H]2O[C@H](CO)[C@H](O)[C@H](O)[C@H]2O)[C@@H](O)[C@H](O)[C@H]1O)[C@H](C)/C=C(C)/C=C/C/C(C)=C/Cc1[nH]c(OC)c(OC)c(=O)c1C. The average Bonchev–Trinajstić information content (AvgIpc) is 3.12. The molecule has 0 radical (unpaired) electrons. The molecule has 0 aromatic carbocycles. The third kappa shape index (κ3) is 10.6. The van der Waals surface area contributed by atoms with E-state index in [1.807, 2.05) is 65.0 Å². The lowest BCUT2D eigenvalue weighted by Crippen LogP contribution is -2.62. The van der Waals surface area contributed by atoms with E-state index < -0.39 is 80.7 Å². The zero-order chi connectivity index (χ0) is 38.9. The van der Waals surface area contributed by atoms with Gasteiger partial charge in [-0.05, 0) is 46.6 Å².